The van der Waals surface area contributed by atoms with Gasteiger partial charge in [-0.3, -0.25) is 9.59 Å². The molecule has 0 bridgehead atoms. The predicted octanol–water partition coefficient (Wildman–Crippen LogP) is 8.11. The first kappa shape index (κ1) is 26.2. The molecule has 0 radical (unpaired) electrons. The van der Waals surface area contributed by atoms with Gasteiger partial charge in [0.2, 0.25) is 11.8 Å². The highest BCUT2D eigenvalue weighted by Gasteiger charge is 2.25. The summed E-state index contributed by atoms with van der Waals surface area (Å²) in [6.45, 7) is 2.02. The minimum absolute atomic E-state index is 0.0884. The van der Waals surface area contributed by atoms with E-state index in [9.17, 15) is 9.59 Å². The SMILES string of the molecule is Cc1sc(NC(=O)C(Sc2cccc(NC(=O)C3CCCCC3)c2)c2ccccc2)nc1-c1ccccc1. The van der Waals surface area contributed by atoms with Gasteiger partial charge >= 0.3 is 0 Å². The average Bonchev–Trinajstić information content (AvgIpc) is 3.32. The van der Waals surface area contributed by atoms with Crippen LogP contribution in [0.2, 0.25) is 0 Å². The number of thiazole rings is 1. The van der Waals surface area contributed by atoms with Crippen LogP contribution in [0.1, 0.15) is 47.8 Å². The maximum absolute atomic E-state index is 13.6. The second kappa shape index (κ2) is 12.4. The van der Waals surface area contributed by atoms with Crippen LogP contribution in [0.15, 0.2) is 89.8 Å². The van der Waals surface area contributed by atoms with E-state index < -0.39 is 5.25 Å². The van der Waals surface area contributed by atoms with Crippen molar-refractivity contribution in [3.63, 3.8) is 0 Å². The second-order valence-corrected chi connectivity index (χ2v) is 11.9. The first-order valence-electron chi connectivity index (χ1n) is 13.0. The Morgan fingerprint density at radius 1 is 0.895 bits per heavy atom. The highest BCUT2D eigenvalue weighted by Crippen LogP contribution is 2.38. The van der Waals surface area contributed by atoms with Gasteiger partial charge in [-0.25, -0.2) is 4.98 Å². The Morgan fingerprint density at radius 2 is 1.61 bits per heavy atom. The molecule has 1 saturated carbocycles. The molecule has 0 saturated heterocycles. The Labute approximate surface area is 232 Å². The summed E-state index contributed by atoms with van der Waals surface area (Å²) in [6.07, 6.45) is 5.37. The molecular weight excluding hydrogens is 510 g/mol. The quantitative estimate of drug-likeness (QED) is 0.221. The third-order valence-corrected chi connectivity index (χ3v) is 8.88. The maximum atomic E-state index is 13.6. The van der Waals surface area contributed by atoms with Crippen LogP contribution in [0.3, 0.4) is 0 Å². The van der Waals surface area contributed by atoms with Crippen molar-refractivity contribution in [2.24, 2.45) is 5.92 Å². The fourth-order valence-corrected chi connectivity index (χ4v) is 6.70. The second-order valence-electron chi connectivity index (χ2n) is 9.54. The van der Waals surface area contributed by atoms with E-state index in [-0.39, 0.29) is 17.7 Å². The summed E-state index contributed by atoms with van der Waals surface area (Å²) < 4.78 is 0. The van der Waals surface area contributed by atoms with Gasteiger partial charge in [0, 0.05) is 26.9 Å². The minimum atomic E-state index is -0.482. The summed E-state index contributed by atoms with van der Waals surface area (Å²) in [6, 6.07) is 27.5. The molecule has 0 aliphatic heterocycles. The molecule has 5 rings (SSSR count). The zero-order valence-electron chi connectivity index (χ0n) is 21.4. The average molecular weight is 542 g/mol. The van der Waals surface area contributed by atoms with Crippen molar-refractivity contribution in [3.8, 4) is 11.3 Å². The van der Waals surface area contributed by atoms with E-state index in [1.165, 1.54) is 29.5 Å². The minimum Gasteiger partial charge on any atom is -0.326 e. The van der Waals surface area contributed by atoms with Gasteiger partial charge in [-0.15, -0.1) is 23.1 Å². The van der Waals surface area contributed by atoms with E-state index >= 15 is 0 Å². The van der Waals surface area contributed by atoms with Gasteiger partial charge in [-0.2, -0.15) is 0 Å². The molecule has 1 unspecified atom stereocenters. The number of nitrogens with zero attached hydrogens (tertiary/aromatic N) is 1. The van der Waals surface area contributed by atoms with Crippen LogP contribution < -0.4 is 10.6 Å². The van der Waals surface area contributed by atoms with Gasteiger partial charge in [0.25, 0.3) is 0 Å². The van der Waals surface area contributed by atoms with Gasteiger partial charge in [0.1, 0.15) is 5.25 Å². The van der Waals surface area contributed by atoms with Crippen LogP contribution in [0.5, 0.6) is 0 Å². The van der Waals surface area contributed by atoms with Crippen molar-refractivity contribution in [1.29, 1.82) is 0 Å². The molecule has 194 valence electrons. The summed E-state index contributed by atoms with van der Waals surface area (Å²) in [5, 5.41) is 6.26. The van der Waals surface area contributed by atoms with Crippen molar-refractivity contribution in [1.82, 2.24) is 4.98 Å². The number of rotatable bonds is 8. The van der Waals surface area contributed by atoms with Crippen molar-refractivity contribution in [2.45, 2.75) is 49.2 Å². The van der Waals surface area contributed by atoms with Crippen LogP contribution in [-0.4, -0.2) is 16.8 Å². The smallest absolute Gasteiger partial charge is 0.244 e. The van der Waals surface area contributed by atoms with Crippen LogP contribution in [0.25, 0.3) is 11.3 Å². The molecule has 1 aromatic heterocycles. The zero-order chi connectivity index (χ0) is 26.3. The van der Waals surface area contributed by atoms with Crippen LogP contribution in [-0.2, 0) is 9.59 Å². The lowest BCUT2D eigenvalue weighted by Gasteiger charge is -2.21. The lowest BCUT2D eigenvalue weighted by molar-refractivity contribution is -0.120. The third-order valence-electron chi connectivity index (χ3n) is 6.75. The van der Waals surface area contributed by atoms with E-state index in [0.717, 1.165) is 58.0 Å². The molecule has 1 heterocycles. The highest BCUT2D eigenvalue weighted by molar-refractivity contribution is 8.00. The number of aromatic nitrogens is 1. The van der Waals surface area contributed by atoms with Crippen molar-refractivity contribution >= 4 is 45.7 Å². The maximum Gasteiger partial charge on any atom is 0.244 e. The number of anilines is 2. The number of hydrogen-bond acceptors (Lipinski definition) is 5. The fraction of sp³-hybridized carbons (Fsp3) is 0.258. The largest absolute Gasteiger partial charge is 0.326 e. The van der Waals surface area contributed by atoms with E-state index in [1.54, 1.807) is 0 Å². The Balaban J connectivity index is 1.33. The normalized spacial score (nSPS) is 14.6. The van der Waals surface area contributed by atoms with Gasteiger partial charge in [-0.1, -0.05) is 86.0 Å². The topological polar surface area (TPSA) is 71.1 Å². The molecule has 0 spiro atoms. The number of carbonyl (C=O) groups excluding carboxylic acids is 2. The van der Waals surface area contributed by atoms with Crippen molar-refractivity contribution < 1.29 is 9.59 Å². The van der Waals surface area contributed by atoms with E-state index in [1.807, 2.05) is 91.9 Å². The highest BCUT2D eigenvalue weighted by atomic mass is 32.2. The molecule has 1 atom stereocenters. The monoisotopic (exact) mass is 541 g/mol. The number of nitrogens with one attached hydrogen (secondary N) is 2. The summed E-state index contributed by atoms with van der Waals surface area (Å²) in [5.74, 6) is 0.0502. The number of benzene rings is 3. The lowest BCUT2D eigenvalue weighted by atomic mass is 9.88. The van der Waals surface area contributed by atoms with Gasteiger partial charge in [0.05, 0.1) is 5.69 Å². The van der Waals surface area contributed by atoms with Gasteiger partial charge in [0.15, 0.2) is 5.13 Å². The van der Waals surface area contributed by atoms with E-state index in [4.69, 9.17) is 4.98 Å². The van der Waals surface area contributed by atoms with Crippen molar-refractivity contribution in [2.75, 3.05) is 10.6 Å². The summed E-state index contributed by atoms with van der Waals surface area (Å²) in [4.78, 5) is 33.1. The Kier molecular flexibility index (Phi) is 8.56. The Bertz CT molecular complexity index is 1380. The number of amides is 2. The molecule has 1 aliphatic rings. The fourth-order valence-electron chi connectivity index (χ4n) is 4.78. The molecular formula is C31H31N3O2S2. The first-order valence-corrected chi connectivity index (χ1v) is 14.7. The summed E-state index contributed by atoms with van der Waals surface area (Å²) in [5.41, 5.74) is 3.59. The predicted molar refractivity (Wildman–Crippen MR) is 158 cm³/mol. The number of thioether (sulfide) groups is 1. The third kappa shape index (κ3) is 6.52. The Hall–Kier alpha value is -3.42. The Morgan fingerprint density at radius 3 is 2.34 bits per heavy atom. The van der Waals surface area contributed by atoms with Gasteiger partial charge in [-0.05, 0) is 43.5 Å². The van der Waals surface area contributed by atoms with E-state index in [2.05, 4.69) is 10.6 Å². The van der Waals surface area contributed by atoms with E-state index in [0.29, 0.717) is 5.13 Å². The summed E-state index contributed by atoms with van der Waals surface area (Å²) in [7, 11) is 0. The zero-order valence-corrected chi connectivity index (χ0v) is 23.0. The van der Waals surface area contributed by atoms with Crippen LogP contribution in [0.4, 0.5) is 10.8 Å². The lowest BCUT2D eigenvalue weighted by Crippen LogP contribution is -2.24. The number of carbonyl (C=O) groups is 2. The first-order chi connectivity index (χ1) is 18.6. The van der Waals surface area contributed by atoms with Crippen LogP contribution >= 0.6 is 23.1 Å². The van der Waals surface area contributed by atoms with Gasteiger partial charge < -0.3 is 10.6 Å². The number of aryl methyl sites for hydroxylation is 1. The molecule has 2 amide bonds. The molecule has 7 heteroatoms. The van der Waals surface area contributed by atoms with Crippen LogP contribution in [0, 0.1) is 12.8 Å². The molecule has 3 aromatic carbocycles. The standard InChI is InChI=1S/C31H31N3O2S2/c1-21-27(22-12-5-2-6-13-22)33-31(37-21)34-30(36)28(23-14-7-3-8-15-23)38-26-19-11-18-25(20-26)32-29(35)24-16-9-4-10-17-24/h2-3,5-8,11-15,18-20,24,28H,4,9-10,16-17H2,1H3,(H,32,35)(H,33,34,36). The summed E-state index contributed by atoms with van der Waals surface area (Å²) >= 11 is 2.95. The molecule has 2 N–H and O–H groups in total. The molecule has 5 nitrogen and oxygen atoms in total. The molecule has 38 heavy (non-hydrogen) atoms. The molecule has 1 fully saturated rings. The van der Waals surface area contributed by atoms with Crippen molar-refractivity contribution in [3.05, 3.63) is 95.4 Å². The molecule has 4 aromatic rings. The molecule has 1 aliphatic carbocycles. The number of hydrogen-bond donors (Lipinski definition) is 2.